The van der Waals surface area contributed by atoms with Crippen LogP contribution in [0.2, 0.25) is 0 Å². The molecule has 1 aromatic carbocycles. The van der Waals surface area contributed by atoms with E-state index < -0.39 is 0 Å². The molecule has 0 bridgehead atoms. The van der Waals surface area contributed by atoms with Gasteiger partial charge in [0.15, 0.2) is 5.78 Å². The second kappa shape index (κ2) is 5.21. The van der Waals surface area contributed by atoms with Crippen molar-refractivity contribution in [2.75, 3.05) is 0 Å². The minimum Gasteiger partial charge on any atom is -0.298 e. The highest BCUT2D eigenvalue weighted by Gasteiger charge is 2.04. The van der Waals surface area contributed by atoms with Crippen molar-refractivity contribution in [3.8, 4) is 0 Å². The molecule has 0 N–H and O–H groups in total. The van der Waals surface area contributed by atoms with Gasteiger partial charge in [-0.1, -0.05) is 30.3 Å². The van der Waals surface area contributed by atoms with Crippen LogP contribution >= 0.6 is 0 Å². The summed E-state index contributed by atoms with van der Waals surface area (Å²) in [5.74, 6) is 0.153. The number of carbonyl (C=O) groups is 1. The van der Waals surface area contributed by atoms with Crippen LogP contribution in [0.5, 0.6) is 0 Å². The van der Waals surface area contributed by atoms with Crippen LogP contribution in [-0.4, -0.2) is 20.8 Å². The van der Waals surface area contributed by atoms with Crippen molar-refractivity contribution >= 4 is 5.78 Å². The summed E-state index contributed by atoms with van der Waals surface area (Å²) in [6.45, 7) is 0.264. The molecule has 0 unspecified atom stereocenters. The van der Waals surface area contributed by atoms with Crippen LogP contribution in [0.15, 0.2) is 42.7 Å². The van der Waals surface area contributed by atoms with Gasteiger partial charge in [-0.3, -0.25) is 4.79 Å². The van der Waals surface area contributed by atoms with Gasteiger partial charge in [-0.05, 0) is 12.0 Å². The van der Waals surface area contributed by atoms with Crippen molar-refractivity contribution < 1.29 is 4.79 Å². The number of benzene rings is 1. The molecular formula is C12H13N3O. The van der Waals surface area contributed by atoms with Gasteiger partial charge in [0, 0.05) is 6.42 Å². The molecule has 82 valence electrons. The first kappa shape index (κ1) is 10.5. The normalized spacial score (nSPS) is 10.2. The highest BCUT2D eigenvalue weighted by molar-refractivity contribution is 5.78. The predicted octanol–water partition coefficient (Wildman–Crippen LogP) is 1.48. The first-order valence-corrected chi connectivity index (χ1v) is 5.24. The first-order chi connectivity index (χ1) is 7.84. The average Bonchev–Trinajstić information content (AvgIpc) is 2.81. The van der Waals surface area contributed by atoms with Gasteiger partial charge < -0.3 is 0 Å². The smallest absolute Gasteiger partial charge is 0.156 e. The minimum absolute atomic E-state index is 0.153. The van der Waals surface area contributed by atoms with E-state index in [0.29, 0.717) is 6.42 Å². The average molecular weight is 215 g/mol. The summed E-state index contributed by atoms with van der Waals surface area (Å²) in [7, 11) is 0. The largest absolute Gasteiger partial charge is 0.298 e. The second-order valence-corrected chi connectivity index (χ2v) is 3.58. The van der Waals surface area contributed by atoms with Crippen molar-refractivity contribution in [1.82, 2.24) is 15.0 Å². The van der Waals surface area contributed by atoms with E-state index in [9.17, 15) is 4.79 Å². The molecule has 2 aromatic rings. The van der Waals surface area contributed by atoms with Crippen molar-refractivity contribution in [1.29, 1.82) is 0 Å². The number of aryl methyl sites for hydroxylation is 1. The summed E-state index contributed by atoms with van der Waals surface area (Å²) >= 11 is 0. The molecule has 0 spiro atoms. The Morgan fingerprint density at radius 1 is 1.12 bits per heavy atom. The molecule has 0 atom stereocenters. The molecule has 1 heterocycles. The number of aromatic nitrogens is 3. The van der Waals surface area contributed by atoms with E-state index in [1.54, 1.807) is 12.4 Å². The zero-order valence-electron chi connectivity index (χ0n) is 8.91. The Hall–Kier alpha value is -1.97. The summed E-state index contributed by atoms with van der Waals surface area (Å²) in [5, 5.41) is 7.79. The zero-order valence-corrected chi connectivity index (χ0v) is 8.91. The van der Waals surface area contributed by atoms with E-state index in [1.165, 1.54) is 10.4 Å². The predicted molar refractivity (Wildman–Crippen MR) is 59.8 cm³/mol. The SMILES string of the molecule is O=C(CCc1ccccc1)Cn1nccn1. The van der Waals surface area contributed by atoms with Crippen LogP contribution in [-0.2, 0) is 17.8 Å². The van der Waals surface area contributed by atoms with Gasteiger partial charge in [0.25, 0.3) is 0 Å². The number of hydrogen-bond donors (Lipinski definition) is 0. The fourth-order valence-corrected chi connectivity index (χ4v) is 1.49. The van der Waals surface area contributed by atoms with Gasteiger partial charge in [-0.15, -0.1) is 0 Å². The fraction of sp³-hybridized carbons (Fsp3) is 0.250. The van der Waals surface area contributed by atoms with Crippen LogP contribution in [0.25, 0.3) is 0 Å². The topological polar surface area (TPSA) is 47.8 Å². The Labute approximate surface area is 93.9 Å². The Balaban J connectivity index is 1.80. The van der Waals surface area contributed by atoms with E-state index in [0.717, 1.165) is 6.42 Å². The van der Waals surface area contributed by atoms with Crippen LogP contribution in [0.4, 0.5) is 0 Å². The molecule has 2 rings (SSSR count). The van der Waals surface area contributed by atoms with Gasteiger partial charge in [0.1, 0.15) is 6.54 Å². The highest BCUT2D eigenvalue weighted by atomic mass is 16.1. The number of nitrogens with zero attached hydrogens (tertiary/aromatic N) is 3. The third kappa shape index (κ3) is 3.02. The third-order valence-electron chi connectivity index (χ3n) is 2.32. The Kier molecular flexibility index (Phi) is 3.43. The summed E-state index contributed by atoms with van der Waals surface area (Å²) < 4.78 is 0. The number of hydrogen-bond acceptors (Lipinski definition) is 3. The lowest BCUT2D eigenvalue weighted by Crippen LogP contribution is -2.13. The molecule has 0 aliphatic carbocycles. The van der Waals surface area contributed by atoms with Crippen molar-refractivity contribution in [2.45, 2.75) is 19.4 Å². The van der Waals surface area contributed by atoms with Gasteiger partial charge in [-0.2, -0.15) is 15.0 Å². The van der Waals surface area contributed by atoms with Crippen molar-refractivity contribution in [3.63, 3.8) is 0 Å². The maximum Gasteiger partial charge on any atom is 0.156 e. The number of carbonyl (C=O) groups excluding carboxylic acids is 1. The summed E-state index contributed by atoms with van der Waals surface area (Å²) in [4.78, 5) is 13.0. The number of ketones is 1. The molecule has 0 aliphatic heterocycles. The van der Waals surface area contributed by atoms with E-state index in [-0.39, 0.29) is 12.3 Å². The first-order valence-electron chi connectivity index (χ1n) is 5.24. The van der Waals surface area contributed by atoms with Crippen molar-refractivity contribution in [2.24, 2.45) is 0 Å². The Morgan fingerprint density at radius 3 is 2.50 bits per heavy atom. The van der Waals surface area contributed by atoms with Crippen LogP contribution in [0, 0.1) is 0 Å². The molecule has 4 nitrogen and oxygen atoms in total. The van der Waals surface area contributed by atoms with E-state index in [1.807, 2.05) is 30.3 Å². The lowest BCUT2D eigenvalue weighted by molar-refractivity contribution is -0.120. The molecule has 0 saturated heterocycles. The Morgan fingerprint density at radius 2 is 1.81 bits per heavy atom. The monoisotopic (exact) mass is 215 g/mol. The van der Waals surface area contributed by atoms with Crippen LogP contribution in [0.3, 0.4) is 0 Å². The molecule has 4 heteroatoms. The summed E-state index contributed by atoms with van der Waals surface area (Å²) in [6, 6.07) is 9.99. The number of Topliss-reactive ketones (excluding diaryl/α,β-unsaturated/α-hetero) is 1. The molecule has 16 heavy (non-hydrogen) atoms. The van der Waals surface area contributed by atoms with E-state index >= 15 is 0 Å². The lowest BCUT2D eigenvalue weighted by atomic mass is 10.1. The third-order valence-corrected chi connectivity index (χ3v) is 2.32. The van der Waals surface area contributed by atoms with Crippen LogP contribution < -0.4 is 0 Å². The maximum absolute atomic E-state index is 11.6. The van der Waals surface area contributed by atoms with Gasteiger partial charge in [0.05, 0.1) is 12.4 Å². The van der Waals surface area contributed by atoms with E-state index in [4.69, 9.17) is 0 Å². The molecule has 1 aromatic heterocycles. The number of rotatable bonds is 5. The molecule has 0 fully saturated rings. The fourth-order valence-electron chi connectivity index (χ4n) is 1.49. The molecular weight excluding hydrogens is 202 g/mol. The molecule has 0 saturated carbocycles. The minimum atomic E-state index is 0.153. The van der Waals surface area contributed by atoms with Crippen molar-refractivity contribution in [3.05, 3.63) is 48.3 Å². The van der Waals surface area contributed by atoms with Gasteiger partial charge in [-0.25, -0.2) is 0 Å². The zero-order chi connectivity index (χ0) is 11.2. The second-order valence-electron chi connectivity index (χ2n) is 3.58. The summed E-state index contributed by atoms with van der Waals surface area (Å²) in [6.07, 6.45) is 4.46. The van der Waals surface area contributed by atoms with Crippen LogP contribution in [0.1, 0.15) is 12.0 Å². The molecule has 0 radical (unpaired) electrons. The summed E-state index contributed by atoms with van der Waals surface area (Å²) in [5.41, 5.74) is 1.18. The Bertz CT molecular complexity index is 437. The lowest BCUT2D eigenvalue weighted by Gasteiger charge is -2.00. The molecule has 0 aliphatic rings. The molecule has 0 amide bonds. The highest BCUT2D eigenvalue weighted by Crippen LogP contribution is 2.03. The standard InChI is InChI=1S/C12H13N3O/c16-12(10-15-13-8-9-14-15)7-6-11-4-2-1-3-5-11/h1-5,8-9H,6-7,10H2. The maximum atomic E-state index is 11.6. The van der Waals surface area contributed by atoms with Gasteiger partial charge >= 0.3 is 0 Å². The quantitative estimate of drug-likeness (QED) is 0.759. The van der Waals surface area contributed by atoms with Gasteiger partial charge in [0.2, 0.25) is 0 Å². The van der Waals surface area contributed by atoms with E-state index in [2.05, 4.69) is 10.2 Å².